The third-order valence-electron chi connectivity index (χ3n) is 2.12. The highest BCUT2D eigenvalue weighted by atomic mass is 16.5. The van der Waals surface area contributed by atoms with E-state index in [0.717, 1.165) is 24.3 Å². The quantitative estimate of drug-likeness (QED) is 0.665. The third kappa shape index (κ3) is 3.31. The molecule has 1 rings (SSSR count). The molecule has 0 bridgehead atoms. The first-order chi connectivity index (χ1) is 7.31. The Kier molecular flexibility index (Phi) is 4.75. The molecule has 0 saturated carbocycles. The Balaban J connectivity index is 2.82. The molecule has 2 heteroatoms. The fourth-order valence-electron chi connectivity index (χ4n) is 1.42. The maximum absolute atomic E-state index is 5.47. The van der Waals surface area contributed by atoms with Gasteiger partial charge in [0.25, 0.3) is 0 Å². The lowest BCUT2D eigenvalue weighted by atomic mass is 10.1. The zero-order chi connectivity index (χ0) is 11.1. The Bertz CT molecular complexity index is 318. The van der Waals surface area contributed by atoms with E-state index in [4.69, 9.17) is 9.47 Å². The molecule has 15 heavy (non-hydrogen) atoms. The highest BCUT2D eigenvalue weighted by molar-refractivity contribution is 5.43. The van der Waals surface area contributed by atoms with E-state index in [1.807, 2.05) is 12.1 Å². The number of hydrogen-bond donors (Lipinski definition) is 0. The minimum absolute atomic E-state index is 0.503. The molecule has 2 nitrogen and oxygen atoms in total. The number of hydrogen-bond acceptors (Lipinski definition) is 2. The van der Waals surface area contributed by atoms with E-state index >= 15 is 0 Å². The van der Waals surface area contributed by atoms with Crippen LogP contribution in [0.25, 0.3) is 0 Å². The average molecular weight is 206 g/mol. The van der Waals surface area contributed by atoms with Crippen molar-refractivity contribution in [3.63, 3.8) is 0 Å². The molecule has 1 aromatic carbocycles. The molecule has 0 heterocycles. The lowest BCUT2D eigenvalue weighted by Crippen LogP contribution is -1.97. The first kappa shape index (κ1) is 11.6. The van der Waals surface area contributed by atoms with Crippen LogP contribution in [0.4, 0.5) is 0 Å². The van der Waals surface area contributed by atoms with Crippen molar-refractivity contribution < 1.29 is 9.47 Å². The lowest BCUT2D eigenvalue weighted by molar-refractivity contribution is 0.326. The summed E-state index contributed by atoms with van der Waals surface area (Å²) >= 11 is 0. The normalized spacial score (nSPS) is 9.73. The van der Waals surface area contributed by atoms with Crippen molar-refractivity contribution in [3.05, 3.63) is 36.4 Å². The number of benzene rings is 1. The summed E-state index contributed by atoms with van der Waals surface area (Å²) in [7, 11) is 1.66. The predicted molar refractivity (Wildman–Crippen MR) is 62.7 cm³/mol. The largest absolute Gasteiger partial charge is 0.493 e. The monoisotopic (exact) mass is 206 g/mol. The molecule has 0 aliphatic rings. The Hall–Kier alpha value is -1.44. The summed E-state index contributed by atoms with van der Waals surface area (Å²) in [6, 6.07) is 6.06. The second-order valence-corrected chi connectivity index (χ2v) is 3.33. The Labute approximate surface area is 91.5 Å². The van der Waals surface area contributed by atoms with Gasteiger partial charge < -0.3 is 9.47 Å². The van der Waals surface area contributed by atoms with Gasteiger partial charge in [0.1, 0.15) is 6.61 Å². The van der Waals surface area contributed by atoms with Crippen LogP contribution in [0.1, 0.15) is 18.9 Å². The molecule has 0 unspecified atom stereocenters. The maximum Gasteiger partial charge on any atom is 0.161 e. The molecule has 0 aliphatic heterocycles. The molecule has 0 amide bonds. The summed E-state index contributed by atoms with van der Waals surface area (Å²) in [5, 5.41) is 0. The number of methoxy groups -OCH3 is 1. The summed E-state index contributed by atoms with van der Waals surface area (Å²) in [4.78, 5) is 0. The van der Waals surface area contributed by atoms with Gasteiger partial charge in [-0.2, -0.15) is 0 Å². The van der Waals surface area contributed by atoms with Crippen LogP contribution in [-0.4, -0.2) is 13.7 Å². The highest BCUT2D eigenvalue weighted by Gasteiger charge is 2.04. The molecule has 0 radical (unpaired) electrons. The first-order valence-electron chi connectivity index (χ1n) is 5.22. The smallest absolute Gasteiger partial charge is 0.161 e. The van der Waals surface area contributed by atoms with Gasteiger partial charge in [-0.25, -0.2) is 0 Å². The molecule has 0 spiro atoms. The molecular weight excluding hydrogens is 188 g/mol. The van der Waals surface area contributed by atoms with Gasteiger partial charge in [0.15, 0.2) is 11.5 Å². The molecule has 1 aromatic rings. The van der Waals surface area contributed by atoms with Gasteiger partial charge in [0, 0.05) is 0 Å². The van der Waals surface area contributed by atoms with Crippen molar-refractivity contribution in [1.29, 1.82) is 0 Å². The lowest BCUT2D eigenvalue weighted by Gasteiger charge is -2.10. The third-order valence-corrected chi connectivity index (χ3v) is 2.12. The Morgan fingerprint density at radius 2 is 2.13 bits per heavy atom. The van der Waals surface area contributed by atoms with Gasteiger partial charge in [0.05, 0.1) is 7.11 Å². The van der Waals surface area contributed by atoms with Crippen LogP contribution in [0.3, 0.4) is 0 Å². The van der Waals surface area contributed by atoms with E-state index < -0.39 is 0 Å². The van der Waals surface area contributed by atoms with Gasteiger partial charge >= 0.3 is 0 Å². The van der Waals surface area contributed by atoms with E-state index in [1.54, 1.807) is 13.2 Å². The minimum Gasteiger partial charge on any atom is -0.493 e. The van der Waals surface area contributed by atoms with Gasteiger partial charge in [0.2, 0.25) is 0 Å². The maximum atomic E-state index is 5.47. The highest BCUT2D eigenvalue weighted by Crippen LogP contribution is 2.28. The standard InChI is InChI=1S/C13H18O2/c1-4-6-11-7-8-12(15-9-5-2)13(10-11)14-3/h5,7-8,10H,2,4,6,9H2,1,3H3. The molecule has 82 valence electrons. The van der Waals surface area contributed by atoms with Crippen molar-refractivity contribution in [2.75, 3.05) is 13.7 Å². The van der Waals surface area contributed by atoms with Crippen LogP contribution in [0.5, 0.6) is 11.5 Å². The number of ether oxygens (including phenoxy) is 2. The topological polar surface area (TPSA) is 18.5 Å². The van der Waals surface area contributed by atoms with E-state index in [-0.39, 0.29) is 0 Å². The van der Waals surface area contributed by atoms with Crippen LogP contribution >= 0.6 is 0 Å². The molecule has 0 fully saturated rings. The van der Waals surface area contributed by atoms with Crippen LogP contribution in [-0.2, 0) is 6.42 Å². The zero-order valence-corrected chi connectivity index (χ0v) is 9.45. The fraction of sp³-hybridized carbons (Fsp3) is 0.385. The summed E-state index contributed by atoms with van der Waals surface area (Å²) in [5.74, 6) is 1.57. The Morgan fingerprint density at radius 3 is 2.73 bits per heavy atom. The van der Waals surface area contributed by atoms with Crippen LogP contribution < -0.4 is 9.47 Å². The van der Waals surface area contributed by atoms with E-state index in [2.05, 4.69) is 19.6 Å². The summed E-state index contributed by atoms with van der Waals surface area (Å²) in [5.41, 5.74) is 1.28. The number of aryl methyl sites for hydroxylation is 1. The summed E-state index contributed by atoms with van der Waals surface area (Å²) in [6.07, 6.45) is 3.92. The van der Waals surface area contributed by atoms with Crippen molar-refractivity contribution in [3.8, 4) is 11.5 Å². The Morgan fingerprint density at radius 1 is 1.33 bits per heavy atom. The van der Waals surface area contributed by atoms with Gasteiger partial charge in [-0.1, -0.05) is 32.1 Å². The van der Waals surface area contributed by atoms with Gasteiger partial charge in [-0.05, 0) is 24.1 Å². The second-order valence-electron chi connectivity index (χ2n) is 3.33. The summed E-state index contributed by atoms with van der Waals surface area (Å²) < 4.78 is 10.7. The summed E-state index contributed by atoms with van der Waals surface area (Å²) in [6.45, 7) is 6.28. The number of rotatable bonds is 6. The van der Waals surface area contributed by atoms with E-state index in [0.29, 0.717) is 6.61 Å². The first-order valence-corrected chi connectivity index (χ1v) is 5.22. The molecule has 0 N–H and O–H groups in total. The molecular formula is C13H18O2. The average Bonchev–Trinajstić information content (AvgIpc) is 2.27. The molecule has 0 saturated heterocycles. The minimum atomic E-state index is 0.503. The van der Waals surface area contributed by atoms with Gasteiger partial charge in [-0.3, -0.25) is 0 Å². The SMILES string of the molecule is C=CCOc1ccc(CCC)cc1OC. The molecule has 0 aromatic heterocycles. The molecule has 0 aliphatic carbocycles. The van der Waals surface area contributed by atoms with E-state index in [1.165, 1.54) is 5.56 Å². The van der Waals surface area contributed by atoms with Crippen LogP contribution in [0.15, 0.2) is 30.9 Å². The van der Waals surface area contributed by atoms with Gasteiger partial charge in [-0.15, -0.1) is 0 Å². The van der Waals surface area contributed by atoms with Crippen LogP contribution in [0, 0.1) is 0 Å². The zero-order valence-electron chi connectivity index (χ0n) is 9.45. The van der Waals surface area contributed by atoms with Crippen LogP contribution in [0.2, 0.25) is 0 Å². The second kappa shape index (κ2) is 6.12. The predicted octanol–water partition coefficient (Wildman–Crippen LogP) is 3.21. The van der Waals surface area contributed by atoms with Crippen molar-refractivity contribution in [2.24, 2.45) is 0 Å². The van der Waals surface area contributed by atoms with E-state index in [9.17, 15) is 0 Å². The van der Waals surface area contributed by atoms with Crippen molar-refractivity contribution >= 4 is 0 Å². The van der Waals surface area contributed by atoms with Crippen molar-refractivity contribution in [2.45, 2.75) is 19.8 Å². The molecule has 0 atom stereocenters. The van der Waals surface area contributed by atoms with Crippen molar-refractivity contribution in [1.82, 2.24) is 0 Å². The fourth-order valence-corrected chi connectivity index (χ4v) is 1.42.